The minimum absolute atomic E-state index is 0. The van der Waals surface area contributed by atoms with Gasteiger partial charge in [0.1, 0.15) is 0 Å². The molecule has 0 aliphatic rings. The maximum Gasteiger partial charge on any atom is 1.00 e. The van der Waals surface area contributed by atoms with Crippen LogP contribution >= 0.6 is 0 Å². The second-order valence-corrected chi connectivity index (χ2v) is 9.23. The van der Waals surface area contributed by atoms with Gasteiger partial charge in [0.25, 0.3) is 10.1 Å². The summed E-state index contributed by atoms with van der Waals surface area (Å²) in [6.45, 7) is 3.64. The summed E-state index contributed by atoms with van der Waals surface area (Å²) in [5.74, 6) is 0.0603. The van der Waals surface area contributed by atoms with Gasteiger partial charge >= 0.3 is 29.6 Å². The van der Waals surface area contributed by atoms with Crippen molar-refractivity contribution < 1.29 is 48.7 Å². The van der Waals surface area contributed by atoms with Gasteiger partial charge < -0.3 is 6.33 Å². The summed E-state index contributed by atoms with van der Waals surface area (Å²) in [6, 6.07) is 0. The molecule has 1 amide bonds. The molecule has 0 aromatic heterocycles. The number of amides is 1. The van der Waals surface area contributed by atoms with Crippen molar-refractivity contribution in [2.24, 2.45) is 0 Å². The maximum atomic E-state index is 11.4. The van der Waals surface area contributed by atoms with Crippen LogP contribution in [0.15, 0.2) is 12.2 Å². The molecular formula is C22H46NNaO4S. The summed E-state index contributed by atoms with van der Waals surface area (Å²) in [7, 11) is 0.00438. The molecule has 0 aliphatic carbocycles. The molecular weight excluding hydrogens is 397 g/mol. The van der Waals surface area contributed by atoms with Gasteiger partial charge in [-0.15, -0.1) is 0 Å². The van der Waals surface area contributed by atoms with Crippen molar-refractivity contribution in [3.05, 3.63) is 12.2 Å². The fourth-order valence-corrected chi connectivity index (χ4v) is 2.57. The van der Waals surface area contributed by atoms with Crippen LogP contribution in [0.5, 0.6) is 0 Å². The number of nitrogens with zero attached hydrogens (tertiary/aromatic N) is 1. The van der Waals surface area contributed by atoms with E-state index >= 15 is 0 Å². The molecule has 0 radical (unpaired) electrons. The second-order valence-electron chi connectivity index (χ2n) is 7.49. The first kappa shape index (κ1) is 33.8. The number of unbranched alkanes of at least 4 members (excludes halogenated alkanes) is 11. The Morgan fingerprint density at radius 3 is 1.59 bits per heavy atom. The maximum absolute atomic E-state index is 11.4. The van der Waals surface area contributed by atoms with Gasteiger partial charge in [0.15, 0.2) is 0 Å². The van der Waals surface area contributed by atoms with E-state index in [1.54, 1.807) is 4.90 Å². The topological polar surface area (TPSA) is 74.7 Å². The Bertz CT molecular complexity index is 486. The number of carbonyl (C=O) groups is 1. The number of allylic oxidation sites excluding steroid dienone is 2. The fourth-order valence-electron chi connectivity index (χ4n) is 2.57. The minimum atomic E-state index is -3.66. The Labute approximate surface area is 204 Å². The quantitative estimate of drug-likeness (QED) is 0.172. The van der Waals surface area contributed by atoms with Crippen LogP contribution in [0.2, 0.25) is 0 Å². The molecule has 0 unspecified atom stereocenters. The summed E-state index contributed by atoms with van der Waals surface area (Å²) < 4.78 is 26.9. The molecule has 0 fully saturated rings. The number of rotatable bonds is 16. The van der Waals surface area contributed by atoms with E-state index in [0.717, 1.165) is 6.42 Å². The van der Waals surface area contributed by atoms with Gasteiger partial charge in [0.2, 0.25) is 5.91 Å². The minimum Gasteiger partial charge on any atom is -1.00 e. The third kappa shape index (κ3) is 33.0. The normalized spacial score (nSPS) is 10.9. The first-order valence-corrected chi connectivity index (χ1v) is 12.7. The predicted octanol–water partition coefficient (Wildman–Crippen LogP) is 3.12. The Morgan fingerprint density at radius 1 is 0.828 bits per heavy atom. The van der Waals surface area contributed by atoms with Crippen molar-refractivity contribution in [3.63, 3.8) is 0 Å². The van der Waals surface area contributed by atoms with Crippen molar-refractivity contribution in [2.45, 2.75) is 104 Å². The van der Waals surface area contributed by atoms with Gasteiger partial charge in [-0.3, -0.25) is 9.35 Å². The monoisotopic (exact) mass is 443 g/mol. The van der Waals surface area contributed by atoms with Crippen LogP contribution in [-0.4, -0.2) is 43.6 Å². The SMILES string of the molecule is CCCCCCCC/C=C\CCCCCCCC(=O)N(C)C.CCS(=O)(=O)O.[H-].[Na+]. The third-order valence-corrected chi connectivity index (χ3v) is 5.25. The van der Waals surface area contributed by atoms with Crippen LogP contribution in [-0.2, 0) is 14.9 Å². The van der Waals surface area contributed by atoms with Crippen molar-refractivity contribution in [1.82, 2.24) is 4.90 Å². The zero-order chi connectivity index (χ0) is 21.7. The van der Waals surface area contributed by atoms with E-state index < -0.39 is 10.1 Å². The van der Waals surface area contributed by atoms with E-state index in [0.29, 0.717) is 6.42 Å². The van der Waals surface area contributed by atoms with Crippen LogP contribution in [0.4, 0.5) is 0 Å². The molecule has 0 atom stereocenters. The van der Waals surface area contributed by atoms with Crippen LogP contribution in [0.25, 0.3) is 0 Å². The molecule has 0 saturated heterocycles. The van der Waals surface area contributed by atoms with E-state index in [2.05, 4.69) is 19.1 Å². The summed E-state index contributed by atoms with van der Waals surface area (Å²) in [6.07, 6.45) is 22.4. The molecule has 170 valence electrons. The number of hydrogen-bond donors (Lipinski definition) is 1. The second kappa shape index (κ2) is 24.4. The smallest absolute Gasteiger partial charge is 1.00 e. The molecule has 29 heavy (non-hydrogen) atoms. The largest absolute Gasteiger partial charge is 1.00 e. The van der Waals surface area contributed by atoms with Gasteiger partial charge in [-0.05, 0) is 39.0 Å². The standard InChI is InChI=1S/C20H39NO.C2H6O3S.Na.H/c1-4-5-6-7-8-9-10-11-12-13-14-15-16-17-18-19-20(22)21(2)3;1-2-6(3,4)5;;/h11-12H,4-10,13-19H2,1-3H3;2H2,1H3,(H,3,4,5);;/q;;+1;-1/b12-11-;;;. The molecule has 0 aliphatic heterocycles. The molecule has 0 saturated carbocycles. The molecule has 0 aromatic rings. The Morgan fingerprint density at radius 2 is 1.21 bits per heavy atom. The van der Waals surface area contributed by atoms with Crippen molar-refractivity contribution >= 4 is 16.0 Å². The molecule has 0 spiro atoms. The van der Waals surface area contributed by atoms with Gasteiger partial charge in [0.05, 0.1) is 5.75 Å². The predicted molar refractivity (Wildman–Crippen MR) is 121 cm³/mol. The van der Waals surface area contributed by atoms with Gasteiger partial charge in [-0.1, -0.05) is 70.4 Å². The van der Waals surface area contributed by atoms with Crippen LogP contribution in [0.3, 0.4) is 0 Å². The molecule has 7 heteroatoms. The van der Waals surface area contributed by atoms with Crippen LogP contribution in [0, 0.1) is 0 Å². The summed E-state index contributed by atoms with van der Waals surface area (Å²) in [5.41, 5.74) is 0. The molecule has 0 heterocycles. The van der Waals surface area contributed by atoms with Gasteiger partial charge in [-0.2, -0.15) is 8.42 Å². The van der Waals surface area contributed by atoms with E-state index in [1.807, 2.05) is 14.1 Å². The molecule has 5 nitrogen and oxygen atoms in total. The van der Waals surface area contributed by atoms with E-state index in [-0.39, 0.29) is 42.6 Å². The first-order chi connectivity index (χ1) is 13.2. The molecule has 0 aromatic carbocycles. The third-order valence-electron chi connectivity index (χ3n) is 4.52. The first-order valence-electron chi connectivity index (χ1n) is 11.0. The summed E-state index contributed by atoms with van der Waals surface area (Å²) >= 11 is 0. The number of carbonyl (C=O) groups excluding carboxylic acids is 1. The Kier molecular flexibility index (Phi) is 28.4. The molecule has 1 N–H and O–H groups in total. The van der Waals surface area contributed by atoms with Crippen molar-refractivity contribution in [2.75, 3.05) is 19.8 Å². The number of hydrogen-bond acceptors (Lipinski definition) is 3. The van der Waals surface area contributed by atoms with Gasteiger partial charge in [0, 0.05) is 20.5 Å². The fraction of sp³-hybridized carbons (Fsp3) is 0.864. The van der Waals surface area contributed by atoms with Crippen LogP contribution < -0.4 is 29.6 Å². The summed E-state index contributed by atoms with van der Waals surface area (Å²) in [4.78, 5) is 13.1. The Balaban J connectivity index is -0.000000368. The molecule has 0 bridgehead atoms. The van der Waals surface area contributed by atoms with E-state index in [4.69, 9.17) is 4.55 Å². The van der Waals surface area contributed by atoms with E-state index in [1.165, 1.54) is 84.0 Å². The summed E-state index contributed by atoms with van der Waals surface area (Å²) in [5, 5.41) is 0. The Hall–Kier alpha value is 0.120. The zero-order valence-electron chi connectivity index (χ0n) is 20.8. The van der Waals surface area contributed by atoms with Crippen LogP contribution in [0.1, 0.15) is 105 Å². The average Bonchev–Trinajstić information content (AvgIpc) is 2.64. The van der Waals surface area contributed by atoms with Gasteiger partial charge in [-0.25, -0.2) is 0 Å². The average molecular weight is 444 g/mol. The van der Waals surface area contributed by atoms with Crippen molar-refractivity contribution in [3.8, 4) is 0 Å². The van der Waals surface area contributed by atoms with Crippen molar-refractivity contribution in [1.29, 1.82) is 0 Å². The molecule has 0 rings (SSSR count). The zero-order valence-corrected chi connectivity index (χ0v) is 22.6. The van der Waals surface area contributed by atoms with E-state index in [9.17, 15) is 13.2 Å².